The molecule has 2 aromatic carbocycles. The molecule has 3 aromatic rings. The zero-order chi connectivity index (χ0) is 20.7. The van der Waals surface area contributed by atoms with E-state index in [0.29, 0.717) is 29.0 Å². The standard InChI is InChI=1S/C23H20ClNO4/c1-3-10-25-20(16-7-5-4-6-13(16)2)19(22(27)23(25)28)21(26)18-12-14-11-15(24)8-9-17(14)29-18/h4-9,11-12,20,27H,3,10H2,1-2H3. The molecular weight excluding hydrogens is 390 g/mol. The normalized spacial score (nSPS) is 16.9. The summed E-state index contributed by atoms with van der Waals surface area (Å²) in [6.07, 6.45) is 0.700. The molecule has 0 aliphatic carbocycles. The number of aryl methyl sites for hydroxylation is 1. The van der Waals surface area contributed by atoms with Crippen molar-refractivity contribution < 1.29 is 19.1 Å². The van der Waals surface area contributed by atoms with Gasteiger partial charge in [0.15, 0.2) is 11.5 Å². The molecule has 1 unspecified atom stereocenters. The number of hydrogen-bond donors (Lipinski definition) is 1. The maximum absolute atomic E-state index is 13.4. The van der Waals surface area contributed by atoms with Crippen LogP contribution in [0, 0.1) is 6.92 Å². The summed E-state index contributed by atoms with van der Waals surface area (Å²) in [7, 11) is 0. The molecule has 29 heavy (non-hydrogen) atoms. The van der Waals surface area contributed by atoms with Crippen LogP contribution in [0.2, 0.25) is 5.02 Å². The molecule has 0 radical (unpaired) electrons. The molecule has 0 bridgehead atoms. The predicted octanol–water partition coefficient (Wildman–Crippen LogP) is 5.38. The first-order valence-corrected chi connectivity index (χ1v) is 9.83. The Morgan fingerprint density at radius 1 is 1.21 bits per heavy atom. The quantitative estimate of drug-likeness (QED) is 0.574. The second-order valence-corrected chi connectivity index (χ2v) is 7.58. The zero-order valence-corrected chi connectivity index (χ0v) is 16.9. The van der Waals surface area contributed by atoms with Gasteiger partial charge in [-0.3, -0.25) is 9.59 Å². The van der Waals surface area contributed by atoms with Crippen LogP contribution in [0.25, 0.3) is 11.0 Å². The number of Topliss-reactive ketones (excluding diaryl/α,β-unsaturated/α-hetero) is 1. The molecule has 1 aromatic heterocycles. The molecule has 0 saturated carbocycles. The van der Waals surface area contributed by atoms with Gasteiger partial charge < -0.3 is 14.4 Å². The number of aliphatic hydroxyl groups excluding tert-OH is 1. The molecule has 0 saturated heterocycles. The number of hydrogen-bond acceptors (Lipinski definition) is 4. The molecule has 5 nitrogen and oxygen atoms in total. The summed E-state index contributed by atoms with van der Waals surface area (Å²) in [5.74, 6) is -1.50. The highest BCUT2D eigenvalue weighted by atomic mass is 35.5. The lowest BCUT2D eigenvalue weighted by Crippen LogP contribution is -2.32. The SMILES string of the molecule is CCCN1C(=O)C(O)=C(C(=O)c2cc3cc(Cl)ccc3o2)C1c1ccccc1C. The highest BCUT2D eigenvalue weighted by Crippen LogP contribution is 2.40. The van der Waals surface area contributed by atoms with Crippen LogP contribution < -0.4 is 0 Å². The van der Waals surface area contributed by atoms with Crippen molar-refractivity contribution in [2.75, 3.05) is 6.54 Å². The van der Waals surface area contributed by atoms with Crippen LogP contribution in [0.15, 0.2) is 64.3 Å². The summed E-state index contributed by atoms with van der Waals surface area (Å²) in [4.78, 5) is 27.7. The fourth-order valence-corrected chi connectivity index (χ4v) is 4.01. The van der Waals surface area contributed by atoms with Crippen LogP contribution in [0.4, 0.5) is 0 Å². The summed E-state index contributed by atoms with van der Waals surface area (Å²) >= 11 is 6.02. The van der Waals surface area contributed by atoms with Gasteiger partial charge in [0.25, 0.3) is 5.91 Å². The first-order valence-electron chi connectivity index (χ1n) is 9.45. The largest absolute Gasteiger partial charge is 0.503 e. The molecule has 4 rings (SSSR count). The van der Waals surface area contributed by atoms with E-state index >= 15 is 0 Å². The number of fused-ring (bicyclic) bond motifs is 1. The summed E-state index contributed by atoms with van der Waals surface area (Å²) in [6, 6.07) is 13.5. The maximum Gasteiger partial charge on any atom is 0.290 e. The van der Waals surface area contributed by atoms with Crippen molar-refractivity contribution in [2.45, 2.75) is 26.3 Å². The van der Waals surface area contributed by atoms with Crippen LogP contribution >= 0.6 is 11.6 Å². The van der Waals surface area contributed by atoms with Crippen LogP contribution in [0.3, 0.4) is 0 Å². The molecule has 6 heteroatoms. The van der Waals surface area contributed by atoms with Crippen molar-refractivity contribution in [2.24, 2.45) is 0 Å². The fraction of sp³-hybridized carbons (Fsp3) is 0.217. The Morgan fingerprint density at radius 2 is 1.97 bits per heavy atom. The van der Waals surface area contributed by atoms with Gasteiger partial charge in [0.1, 0.15) is 5.58 Å². The number of furan rings is 1. The molecule has 1 aliphatic rings. The second-order valence-electron chi connectivity index (χ2n) is 7.14. The fourth-order valence-electron chi connectivity index (χ4n) is 3.83. The summed E-state index contributed by atoms with van der Waals surface area (Å²) in [5.41, 5.74) is 2.30. The van der Waals surface area contributed by atoms with Crippen LogP contribution in [0.5, 0.6) is 0 Å². The number of nitrogens with zero attached hydrogens (tertiary/aromatic N) is 1. The summed E-state index contributed by atoms with van der Waals surface area (Å²) in [5, 5.41) is 11.8. The van der Waals surface area contributed by atoms with Gasteiger partial charge in [-0.2, -0.15) is 0 Å². The van der Waals surface area contributed by atoms with Crippen molar-refractivity contribution >= 4 is 34.3 Å². The molecule has 1 N–H and O–H groups in total. The molecule has 0 fully saturated rings. The molecular formula is C23H20ClNO4. The van der Waals surface area contributed by atoms with E-state index in [9.17, 15) is 14.7 Å². The minimum Gasteiger partial charge on any atom is -0.503 e. The third-order valence-electron chi connectivity index (χ3n) is 5.20. The highest BCUT2D eigenvalue weighted by Gasteiger charge is 2.44. The van der Waals surface area contributed by atoms with Crippen LogP contribution in [-0.2, 0) is 4.79 Å². The Balaban J connectivity index is 1.84. The van der Waals surface area contributed by atoms with E-state index in [4.69, 9.17) is 16.0 Å². The Hall–Kier alpha value is -3.05. The highest BCUT2D eigenvalue weighted by molar-refractivity contribution is 6.31. The third kappa shape index (κ3) is 3.21. The lowest BCUT2D eigenvalue weighted by Gasteiger charge is -2.27. The van der Waals surface area contributed by atoms with E-state index < -0.39 is 23.5 Å². The van der Waals surface area contributed by atoms with E-state index in [1.54, 1.807) is 29.2 Å². The van der Waals surface area contributed by atoms with Gasteiger partial charge in [-0.25, -0.2) is 0 Å². The van der Waals surface area contributed by atoms with Gasteiger partial charge in [0.05, 0.1) is 11.6 Å². The van der Waals surface area contributed by atoms with E-state index in [0.717, 1.165) is 11.1 Å². The van der Waals surface area contributed by atoms with Gasteiger partial charge in [-0.05, 0) is 48.7 Å². The van der Waals surface area contributed by atoms with E-state index in [1.807, 2.05) is 38.1 Å². The van der Waals surface area contributed by atoms with E-state index in [1.165, 1.54) is 0 Å². The smallest absolute Gasteiger partial charge is 0.290 e. The first kappa shape index (κ1) is 19.3. The Morgan fingerprint density at radius 3 is 2.69 bits per heavy atom. The van der Waals surface area contributed by atoms with Crippen molar-refractivity contribution in [3.05, 3.63) is 81.8 Å². The monoisotopic (exact) mass is 409 g/mol. The number of halogens is 1. The lowest BCUT2D eigenvalue weighted by atomic mass is 9.92. The number of amides is 1. The topological polar surface area (TPSA) is 70.8 Å². The van der Waals surface area contributed by atoms with Crippen LogP contribution in [0.1, 0.15) is 41.1 Å². The van der Waals surface area contributed by atoms with E-state index in [-0.39, 0.29) is 11.3 Å². The summed E-state index contributed by atoms with van der Waals surface area (Å²) in [6.45, 7) is 4.29. The van der Waals surface area contributed by atoms with Crippen molar-refractivity contribution in [3.8, 4) is 0 Å². The maximum atomic E-state index is 13.4. The molecule has 0 spiro atoms. The number of carbonyl (C=O) groups is 2. The number of ketones is 1. The van der Waals surface area contributed by atoms with Gasteiger partial charge in [-0.1, -0.05) is 42.8 Å². The van der Waals surface area contributed by atoms with Crippen molar-refractivity contribution in [1.29, 1.82) is 0 Å². The number of carbonyl (C=O) groups excluding carboxylic acids is 2. The minimum absolute atomic E-state index is 0.0444. The second kappa shape index (κ2) is 7.41. The minimum atomic E-state index is -0.659. The lowest BCUT2D eigenvalue weighted by molar-refractivity contribution is -0.129. The third-order valence-corrected chi connectivity index (χ3v) is 5.43. The average molecular weight is 410 g/mol. The van der Waals surface area contributed by atoms with Crippen molar-refractivity contribution in [1.82, 2.24) is 4.90 Å². The molecule has 1 amide bonds. The Bertz CT molecular complexity index is 1160. The number of aliphatic hydroxyl groups is 1. The predicted molar refractivity (Wildman–Crippen MR) is 111 cm³/mol. The number of rotatable bonds is 5. The molecule has 1 aliphatic heterocycles. The molecule has 2 heterocycles. The Kier molecular flexibility index (Phi) is 4.92. The van der Waals surface area contributed by atoms with Gasteiger partial charge in [0, 0.05) is 17.0 Å². The molecule has 1 atom stereocenters. The van der Waals surface area contributed by atoms with Gasteiger partial charge in [0.2, 0.25) is 5.78 Å². The Labute approximate surface area is 173 Å². The van der Waals surface area contributed by atoms with Gasteiger partial charge in [-0.15, -0.1) is 0 Å². The summed E-state index contributed by atoms with van der Waals surface area (Å²) < 4.78 is 5.71. The average Bonchev–Trinajstić information content (AvgIpc) is 3.22. The van der Waals surface area contributed by atoms with Crippen molar-refractivity contribution in [3.63, 3.8) is 0 Å². The molecule has 148 valence electrons. The van der Waals surface area contributed by atoms with Crippen LogP contribution in [-0.4, -0.2) is 28.2 Å². The zero-order valence-electron chi connectivity index (χ0n) is 16.1. The van der Waals surface area contributed by atoms with Gasteiger partial charge >= 0.3 is 0 Å². The van der Waals surface area contributed by atoms with E-state index in [2.05, 4.69) is 0 Å². The first-order chi connectivity index (χ1) is 13.9. The number of benzene rings is 2.